The highest BCUT2D eigenvalue weighted by Crippen LogP contribution is 2.36. The Labute approximate surface area is 123 Å². The van der Waals surface area contributed by atoms with E-state index in [2.05, 4.69) is 4.89 Å². The van der Waals surface area contributed by atoms with Gasteiger partial charge in [-0.25, -0.2) is 4.79 Å². The van der Waals surface area contributed by atoms with E-state index in [0.29, 0.717) is 0 Å². The van der Waals surface area contributed by atoms with Crippen molar-refractivity contribution in [2.24, 2.45) is 0 Å². The number of hydrogen-bond acceptors (Lipinski definition) is 3. The molecule has 0 saturated heterocycles. The monoisotopic (exact) mass is 312 g/mol. The van der Waals surface area contributed by atoms with Crippen LogP contribution in [0.4, 0.5) is 13.2 Å². The zero-order chi connectivity index (χ0) is 16.3. The summed E-state index contributed by atoms with van der Waals surface area (Å²) in [6.45, 7) is 0. The van der Waals surface area contributed by atoms with E-state index >= 15 is 0 Å². The summed E-state index contributed by atoms with van der Waals surface area (Å²) in [6, 6.07) is 8.38. The highest BCUT2D eigenvalue weighted by Gasteiger charge is 2.30. The van der Waals surface area contributed by atoms with Crippen LogP contribution in [0, 0.1) is 0 Å². The lowest BCUT2D eigenvalue weighted by Crippen LogP contribution is -2.05. The first-order chi connectivity index (χ1) is 10.3. The number of hydrogen-bond donors (Lipinski definition) is 1. The molecule has 0 saturated carbocycles. The van der Waals surface area contributed by atoms with Gasteiger partial charge in [-0.2, -0.15) is 18.1 Å². The SMILES string of the molecule is COOc1cccc(C(=O)O)c1-c1ccc(C(F)(F)F)cc1. The Hall–Kier alpha value is -2.54. The maximum atomic E-state index is 12.6. The quantitative estimate of drug-likeness (QED) is 0.684. The van der Waals surface area contributed by atoms with Crippen LogP contribution in [0.2, 0.25) is 0 Å². The van der Waals surface area contributed by atoms with Gasteiger partial charge < -0.3 is 9.99 Å². The summed E-state index contributed by atoms with van der Waals surface area (Å²) in [4.78, 5) is 20.7. The molecule has 0 amide bonds. The van der Waals surface area contributed by atoms with Crippen molar-refractivity contribution in [2.75, 3.05) is 7.11 Å². The summed E-state index contributed by atoms with van der Waals surface area (Å²) in [5.74, 6) is -1.13. The fourth-order valence-electron chi connectivity index (χ4n) is 1.99. The van der Waals surface area contributed by atoms with Gasteiger partial charge in [-0.3, -0.25) is 0 Å². The first-order valence-electron chi connectivity index (χ1n) is 6.09. The minimum Gasteiger partial charge on any atom is -0.478 e. The molecule has 7 heteroatoms. The number of benzene rings is 2. The lowest BCUT2D eigenvalue weighted by Gasteiger charge is -2.13. The zero-order valence-corrected chi connectivity index (χ0v) is 11.3. The van der Waals surface area contributed by atoms with Crippen LogP contribution in [0.5, 0.6) is 5.75 Å². The standard InChI is InChI=1S/C15H11F3O4/c1-21-22-12-4-2-3-11(14(19)20)13(12)9-5-7-10(8-6-9)15(16,17)18/h2-8H,1H3,(H,19,20). The van der Waals surface area contributed by atoms with Crippen molar-refractivity contribution in [2.45, 2.75) is 6.18 Å². The molecule has 0 bridgehead atoms. The average molecular weight is 312 g/mol. The molecule has 2 aromatic carbocycles. The van der Waals surface area contributed by atoms with Gasteiger partial charge in [0.2, 0.25) is 0 Å². The normalized spacial score (nSPS) is 11.3. The van der Waals surface area contributed by atoms with Gasteiger partial charge in [-0.1, -0.05) is 18.2 Å². The van der Waals surface area contributed by atoms with Crippen molar-refractivity contribution in [1.29, 1.82) is 0 Å². The highest BCUT2D eigenvalue weighted by molar-refractivity contribution is 5.98. The molecular formula is C15H11F3O4. The van der Waals surface area contributed by atoms with E-state index in [1.54, 1.807) is 0 Å². The van der Waals surface area contributed by atoms with Crippen molar-refractivity contribution in [1.82, 2.24) is 0 Å². The van der Waals surface area contributed by atoms with E-state index in [-0.39, 0.29) is 22.4 Å². The molecule has 0 aliphatic carbocycles. The van der Waals surface area contributed by atoms with Crippen molar-refractivity contribution >= 4 is 5.97 Å². The van der Waals surface area contributed by atoms with Crippen LogP contribution in [-0.4, -0.2) is 18.2 Å². The number of carboxylic acids is 1. The summed E-state index contributed by atoms with van der Waals surface area (Å²) >= 11 is 0. The molecule has 0 radical (unpaired) electrons. The molecule has 0 atom stereocenters. The average Bonchev–Trinajstić information content (AvgIpc) is 2.46. The zero-order valence-electron chi connectivity index (χ0n) is 11.3. The molecule has 2 rings (SSSR count). The number of aromatic carboxylic acids is 1. The lowest BCUT2D eigenvalue weighted by atomic mass is 9.97. The fraction of sp³-hybridized carbons (Fsp3) is 0.133. The number of halogens is 3. The summed E-state index contributed by atoms with van der Waals surface area (Å²) in [6.07, 6.45) is -4.46. The molecule has 0 aliphatic rings. The van der Waals surface area contributed by atoms with Gasteiger partial charge in [0.25, 0.3) is 0 Å². The first-order valence-corrected chi connectivity index (χ1v) is 6.09. The van der Waals surface area contributed by atoms with Crippen LogP contribution in [0.25, 0.3) is 11.1 Å². The van der Waals surface area contributed by atoms with E-state index < -0.39 is 17.7 Å². The molecule has 0 aliphatic heterocycles. The molecule has 1 N–H and O–H groups in total. The summed E-state index contributed by atoms with van der Waals surface area (Å²) in [7, 11) is 1.24. The third-order valence-corrected chi connectivity index (χ3v) is 2.93. The number of carbonyl (C=O) groups is 1. The maximum Gasteiger partial charge on any atom is 0.416 e. The summed E-state index contributed by atoms with van der Waals surface area (Å²) < 4.78 is 37.8. The Bertz CT molecular complexity index is 678. The van der Waals surface area contributed by atoms with Crippen LogP contribution in [-0.2, 0) is 11.1 Å². The van der Waals surface area contributed by atoms with Gasteiger partial charge in [-0.15, -0.1) is 0 Å². The van der Waals surface area contributed by atoms with Gasteiger partial charge >= 0.3 is 12.1 Å². The van der Waals surface area contributed by atoms with Crippen LogP contribution in [0.3, 0.4) is 0 Å². The third-order valence-electron chi connectivity index (χ3n) is 2.93. The molecule has 0 heterocycles. The van der Waals surface area contributed by atoms with Crippen LogP contribution in [0.1, 0.15) is 15.9 Å². The van der Waals surface area contributed by atoms with Gasteiger partial charge in [-0.05, 0) is 29.8 Å². The molecule has 4 nitrogen and oxygen atoms in total. The van der Waals surface area contributed by atoms with E-state index in [0.717, 1.165) is 12.1 Å². The molecule has 2 aromatic rings. The van der Waals surface area contributed by atoms with E-state index in [1.807, 2.05) is 0 Å². The Balaban J connectivity index is 2.57. The van der Waals surface area contributed by atoms with Gasteiger partial charge in [0.1, 0.15) is 0 Å². The number of alkyl halides is 3. The Morgan fingerprint density at radius 1 is 1.09 bits per heavy atom. The summed E-state index contributed by atoms with van der Waals surface area (Å²) in [5.41, 5.74) is -0.504. The summed E-state index contributed by atoms with van der Waals surface area (Å²) in [5, 5.41) is 9.23. The lowest BCUT2D eigenvalue weighted by molar-refractivity contribution is -0.177. The predicted octanol–water partition coefficient (Wildman–Crippen LogP) is 4.01. The molecule has 0 spiro atoms. The van der Waals surface area contributed by atoms with Crippen LogP contribution < -0.4 is 4.89 Å². The van der Waals surface area contributed by atoms with Crippen molar-refractivity contribution in [3.05, 3.63) is 53.6 Å². The Morgan fingerprint density at radius 2 is 1.73 bits per heavy atom. The van der Waals surface area contributed by atoms with E-state index in [1.165, 1.54) is 37.4 Å². The predicted molar refractivity (Wildman–Crippen MR) is 71.5 cm³/mol. The smallest absolute Gasteiger partial charge is 0.416 e. The van der Waals surface area contributed by atoms with E-state index in [4.69, 9.17) is 4.89 Å². The van der Waals surface area contributed by atoms with Gasteiger partial charge in [0, 0.05) is 5.56 Å². The van der Waals surface area contributed by atoms with Gasteiger partial charge in [0.15, 0.2) is 5.75 Å². The highest BCUT2D eigenvalue weighted by atomic mass is 19.4. The molecule has 0 unspecified atom stereocenters. The molecule has 22 heavy (non-hydrogen) atoms. The van der Waals surface area contributed by atoms with Crippen molar-refractivity contribution in [3.8, 4) is 16.9 Å². The fourth-order valence-corrected chi connectivity index (χ4v) is 1.99. The molecule has 116 valence electrons. The van der Waals surface area contributed by atoms with Crippen LogP contribution in [0.15, 0.2) is 42.5 Å². The molecule has 0 aromatic heterocycles. The second-order valence-electron chi connectivity index (χ2n) is 4.31. The minimum atomic E-state index is -4.46. The second-order valence-corrected chi connectivity index (χ2v) is 4.31. The van der Waals surface area contributed by atoms with Gasteiger partial charge in [0.05, 0.1) is 18.2 Å². The maximum absolute atomic E-state index is 12.6. The number of carboxylic acid groups (broad SMARTS) is 1. The minimum absolute atomic E-state index is 0.0992. The second kappa shape index (κ2) is 6.07. The third kappa shape index (κ3) is 3.20. The Morgan fingerprint density at radius 3 is 2.23 bits per heavy atom. The van der Waals surface area contributed by atoms with Crippen molar-refractivity contribution in [3.63, 3.8) is 0 Å². The molecular weight excluding hydrogens is 301 g/mol. The van der Waals surface area contributed by atoms with Crippen molar-refractivity contribution < 1.29 is 32.8 Å². The Kier molecular flexibility index (Phi) is 4.37. The first kappa shape index (κ1) is 15.8. The topological polar surface area (TPSA) is 55.8 Å². The van der Waals surface area contributed by atoms with Crippen LogP contribution >= 0.6 is 0 Å². The van der Waals surface area contributed by atoms with E-state index in [9.17, 15) is 23.1 Å². The number of rotatable bonds is 4. The largest absolute Gasteiger partial charge is 0.478 e. The molecule has 0 fully saturated rings.